The quantitative estimate of drug-likeness (QED) is 0.333. The first-order chi connectivity index (χ1) is 17.2. The Morgan fingerprint density at radius 1 is 0.829 bits per heavy atom. The molecule has 0 N–H and O–H groups in total. The molecule has 0 aromatic heterocycles. The van der Waals surface area contributed by atoms with E-state index in [1.165, 1.54) is 33.4 Å². The largest absolute Gasteiger partial charge is 0.491 e. The van der Waals surface area contributed by atoms with Gasteiger partial charge in [0.05, 0.1) is 13.2 Å². The molecule has 3 atom stereocenters. The molecule has 0 spiro atoms. The fourth-order valence-corrected chi connectivity index (χ4v) is 5.01. The number of ether oxygens (including phenoxy) is 4. The van der Waals surface area contributed by atoms with Crippen molar-refractivity contribution in [3.05, 3.63) is 89.5 Å². The summed E-state index contributed by atoms with van der Waals surface area (Å²) in [7, 11) is 0. The van der Waals surface area contributed by atoms with E-state index < -0.39 is 0 Å². The molecule has 0 radical (unpaired) electrons. The van der Waals surface area contributed by atoms with Crippen molar-refractivity contribution < 1.29 is 18.9 Å². The molecule has 180 valence electrons. The second-order valence-corrected chi connectivity index (χ2v) is 9.78. The molecule has 2 heterocycles. The van der Waals surface area contributed by atoms with E-state index in [0.717, 1.165) is 44.0 Å². The summed E-state index contributed by atoms with van der Waals surface area (Å²) in [6.07, 6.45) is 6.25. The minimum absolute atomic E-state index is 0.250. The van der Waals surface area contributed by atoms with Gasteiger partial charge in [-0.2, -0.15) is 0 Å². The SMILES string of the molecule is Cc1c(OCC2CO2)ccc(C2=CCC(c3ccc(OCC4CO4)cc3)CC2)c1-c1ccccc1. The van der Waals surface area contributed by atoms with Crippen LogP contribution in [0.2, 0.25) is 0 Å². The van der Waals surface area contributed by atoms with E-state index in [1.54, 1.807) is 0 Å². The maximum atomic E-state index is 6.12. The normalized spacial score (nSPS) is 22.9. The minimum Gasteiger partial charge on any atom is -0.491 e. The highest BCUT2D eigenvalue weighted by atomic mass is 16.6. The Bertz CT molecular complexity index is 1190. The van der Waals surface area contributed by atoms with Crippen LogP contribution in [0.5, 0.6) is 11.5 Å². The van der Waals surface area contributed by atoms with E-state index >= 15 is 0 Å². The maximum absolute atomic E-state index is 6.12. The van der Waals surface area contributed by atoms with Gasteiger partial charge in [0.2, 0.25) is 0 Å². The molecule has 3 unspecified atom stereocenters. The topological polar surface area (TPSA) is 43.5 Å². The Morgan fingerprint density at radius 3 is 2.20 bits per heavy atom. The molecular weight excluding hydrogens is 436 g/mol. The van der Waals surface area contributed by atoms with Gasteiger partial charge in [-0.15, -0.1) is 0 Å². The lowest BCUT2D eigenvalue weighted by Gasteiger charge is -2.25. The van der Waals surface area contributed by atoms with Crippen molar-refractivity contribution in [2.24, 2.45) is 0 Å². The Balaban J connectivity index is 1.22. The zero-order valence-electron chi connectivity index (χ0n) is 20.2. The van der Waals surface area contributed by atoms with Crippen LogP contribution < -0.4 is 9.47 Å². The van der Waals surface area contributed by atoms with Gasteiger partial charge in [0.25, 0.3) is 0 Å². The molecule has 1 aliphatic carbocycles. The van der Waals surface area contributed by atoms with Gasteiger partial charge in [0, 0.05) is 0 Å². The third-order valence-electron chi connectivity index (χ3n) is 7.25. The maximum Gasteiger partial charge on any atom is 0.123 e. The lowest BCUT2D eigenvalue weighted by molar-refractivity contribution is 0.262. The summed E-state index contributed by atoms with van der Waals surface area (Å²) in [6.45, 7) is 5.08. The van der Waals surface area contributed by atoms with Crippen molar-refractivity contribution in [2.75, 3.05) is 26.4 Å². The molecule has 35 heavy (non-hydrogen) atoms. The smallest absolute Gasteiger partial charge is 0.123 e. The predicted molar refractivity (Wildman–Crippen MR) is 138 cm³/mol. The average Bonchev–Trinajstić information content (AvgIpc) is 3.83. The van der Waals surface area contributed by atoms with Gasteiger partial charge in [-0.05, 0) is 83.7 Å². The summed E-state index contributed by atoms with van der Waals surface area (Å²) in [5.41, 5.74) is 7.87. The van der Waals surface area contributed by atoms with E-state index in [4.69, 9.17) is 18.9 Å². The fourth-order valence-electron chi connectivity index (χ4n) is 5.01. The molecule has 3 aromatic rings. The predicted octanol–water partition coefficient (Wildman–Crippen LogP) is 6.57. The zero-order chi connectivity index (χ0) is 23.6. The highest BCUT2D eigenvalue weighted by Crippen LogP contribution is 2.42. The summed E-state index contributed by atoms with van der Waals surface area (Å²) in [5, 5.41) is 0. The highest BCUT2D eigenvalue weighted by Gasteiger charge is 2.25. The number of allylic oxidation sites excluding steroid dienone is 2. The van der Waals surface area contributed by atoms with Crippen molar-refractivity contribution in [3.63, 3.8) is 0 Å². The summed E-state index contributed by atoms with van der Waals surface area (Å²) in [4.78, 5) is 0. The number of epoxide rings is 2. The third-order valence-corrected chi connectivity index (χ3v) is 7.25. The molecule has 3 aliphatic rings. The van der Waals surface area contributed by atoms with Gasteiger partial charge in [0.1, 0.15) is 36.9 Å². The monoisotopic (exact) mass is 468 g/mol. The fraction of sp³-hybridized carbons (Fsp3) is 0.355. The van der Waals surface area contributed by atoms with E-state index in [2.05, 4.69) is 79.7 Å². The van der Waals surface area contributed by atoms with Crippen molar-refractivity contribution in [2.45, 2.75) is 44.3 Å². The summed E-state index contributed by atoms with van der Waals surface area (Å²) in [6, 6.07) is 23.7. The summed E-state index contributed by atoms with van der Waals surface area (Å²) in [5.74, 6) is 2.42. The third kappa shape index (κ3) is 5.29. The second kappa shape index (κ2) is 9.88. The zero-order valence-corrected chi connectivity index (χ0v) is 20.2. The van der Waals surface area contributed by atoms with Crippen LogP contribution in [0.25, 0.3) is 16.7 Å². The molecule has 2 fully saturated rings. The van der Waals surface area contributed by atoms with E-state index in [0.29, 0.717) is 19.1 Å². The van der Waals surface area contributed by atoms with Crippen LogP contribution in [-0.4, -0.2) is 38.6 Å². The van der Waals surface area contributed by atoms with Crippen LogP contribution in [-0.2, 0) is 9.47 Å². The standard InChI is InChI=1S/C31H32O4/c1-21-30(35-20-28-19-34-28)16-15-29(31(21)25-5-3-2-4-6-25)24-9-7-22(8-10-24)23-11-13-26(14-12-23)32-17-27-18-33-27/h2-6,9,11-16,22,27-28H,7-8,10,17-20H2,1H3. The van der Waals surface area contributed by atoms with Gasteiger partial charge in [-0.3, -0.25) is 0 Å². The van der Waals surface area contributed by atoms with Crippen LogP contribution >= 0.6 is 0 Å². The molecule has 0 saturated carbocycles. The summed E-state index contributed by atoms with van der Waals surface area (Å²) >= 11 is 0. The molecule has 2 aliphatic heterocycles. The molecule has 4 heteroatoms. The summed E-state index contributed by atoms with van der Waals surface area (Å²) < 4.78 is 22.5. The molecule has 0 bridgehead atoms. The van der Waals surface area contributed by atoms with Crippen molar-refractivity contribution in [1.29, 1.82) is 0 Å². The van der Waals surface area contributed by atoms with Crippen LogP contribution in [0, 0.1) is 6.92 Å². The molecule has 6 rings (SSSR count). The lowest BCUT2D eigenvalue weighted by Crippen LogP contribution is -2.08. The van der Waals surface area contributed by atoms with Crippen LogP contribution in [0.1, 0.15) is 41.9 Å². The van der Waals surface area contributed by atoms with Crippen molar-refractivity contribution >= 4 is 5.57 Å². The van der Waals surface area contributed by atoms with Crippen LogP contribution in [0.15, 0.2) is 72.8 Å². The molecule has 4 nitrogen and oxygen atoms in total. The molecule has 3 aromatic carbocycles. The first-order valence-electron chi connectivity index (χ1n) is 12.7. The second-order valence-electron chi connectivity index (χ2n) is 9.78. The Morgan fingerprint density at radius 2 is 1.54 bits per heavy atom. The highest BCUT2D eigenvalue weighted by molar-refractivity contribution is 5.85. The van der Waals surface area contributed by atoms with E-state index in [-0.39, 0.29) is 12.2 Å². The van der Waals surface area contributed by atoms with Crippen molar-refractivity contribution in [1.82, 2.24) is 0 Å². The Hall–Kier alpha value is -3.08. The van der Waals surface area contributed by atoms with Gasteiger partial charge in [-0.25, -0.2) is 0 Å². The lowest BCUT2D eigenvalue weighted by atomic mass is 9.80. The molecular formula is C31H32O4. The minimum atomic E-state index is 0.250. The van der Waals surface area contributed by atoms with Gasteiger partial charge in [0.15, 0.2) is 0 Å². The van der Waals surface area contributed by atoms with Crippen LogP contribution in [0.4, 0.5) is 0 Å². The van der Waals surface area contributed by atoms with E-state index in [1.807, 2.05) is 0 Å². The molecule has 0 amide bonds. The number of hydrogen-bond acceptors (Lipinski definition) is 4. The van der Waals surface area contributed by atoms with Gasteiger partial charge >= 0.3 is 0 Å². The number of hydrogen-bond donors (Lipinski definition) is 0. The first-order valence-corrected chi connectivity index (χ1v) is 12.7. The molecule has 2 saturated heterocycles. The van der Waals surface area contributed by atoms with Crippen molar-refractivity contribution in [3.8, 4) is 22.6 Å². The Kier molecular flexibility index (Phi) is 6.32. The average molecular weight is 469 g/mol. The number of rotatable bonds is 9. The number of benzene rings is 3. The van der Waals surface area contributed by atoms with Gasteiger partial charge < -0.3 is 18.9 Å². The van der Waals surface area contributed by atoms with E-state index in [9.17, 15) is 0 Å². The first kappa shape index (κ1) is 22.4. The van der Waals surface area contributed by atoms with Gasteiger partial charge in [-0.1, -0.05) is 54.6 Å². The Labute approximate surface area is 207 Å². The van der Waals surface area contributed by atoms with Crippen LogP contribution in [0.3, 0.4) is 0 Å².